The van der Waals surface area contributed by atoms with Gasteiger partial charge in [0.15, 0.2) is 6.74 Å². The monoisotopic (exact) mass is 1100 g/mol. The zero-order valence-electron chi connectivity index (χ0n) is 49.9. The van der Waals surface area contributed by atoms with Gasteiger partial charge in [-0.2, -0.15) is 0 Å². The average Bonchev–Trinajstić information content (AvgIpc) is 3.39. The molecule has 0 aliphatic carbocycles. The maximum Gasteiger partial charge on any atom is 1.00 e. The van der Waals surface area contributed by atoms with E-state index in [4.69, 9.17) is 47.7 Å². The van der Waals surface area contributed by atoms with Crippen molar-refractivity contribution in [1.82, 2.24) is 0 Å². The Balaban J connectivity index is 0.00000131. The number of hydrogen-bond acceptors (Lipinski definition) is 1. The molecule has 5 aromatic rings. The van der Waals surface area contributed by atoms with Gasteiger partial charge in [0.05, 0.1) is 0 Å². The van der Waals surface area contributed by atoms with Crippen LogP contribution >= 0.6 is 23.2 Å². The zero-order valence-corrected chi connectivity index (χ0v) is 53.4. The number of rotatable bonds is 10. The summed E-state index contributed by atoms with van der Waals surface area (Å²) in [6.07, 6.45) is 14.3. The van der Waals surface area contributed by atoms with E-state index >= 15 is 0 Å². The fourth-order valence-corrected chi connectivity index (χ4v) is 15.8. The van der Waals surface area contributed by atoms with E-state index in [0.717, 1.165) is 73.8 Å². The molecule has 0 aromatic heterocycles. The van der Waals surface area contributed by atoms with Gasteiger partial charge in [-0.25, -0.2) is 0 Å². The first-order valence-electron chi connectivity index (χ1n) is 26.6. The van der Waals surface area contributed by atoms with Crippen LogP contribution in [0.2, 0.25) is 56.2 Å². The fourth-order valence-electron chi connectivity index (χ4n) is 7.22. The number of hydrogen-bond donors (Lipinski definition) is 1. The summed E-state index contributed by atoms with van der Waals surface area (Å²) in [6, 6.07) is 32.5. The Hall–Kier alpha value is -6.20. The Morgan fingerprint density at radius 2 is 0.873 bits per heavy atom. The first kappa shape index (κ1) is 72.8. The van der Waals surface area contributed by atoms with E-state index < -0.39 is 16.5 Å². The molecule has 0 spiro atoms. The van der Waals surface area contributed by atoms with E-state index in [2.05, 4.69) is 223 Å². The van der Waals surface area contributed by atoms with E-state index in [9.17, 15) is 0 Å². The number of halogens is 2. The van der Waals surface area contributed by atoms with Gasteiger partial charge in [0.1, 0.15) is 0 Å². The third-order valence-electron chi connectivity index (χ3n) is 10.6. The summed E-state index contributed by atoms with van der Waals surface area (Å²) < 4.78 is 4.82. The second kappa shape index (κ2) is 41.8. The number of benzene rings is 5. The minimum Gasteiger partial charge on any atom is -0.668 e. The molecule has 2 N–H and O–H groups in total. The van der Waals surface area contributed by atoms with Gasteiger partial charge in [0.2, 0.25) is 0 Å². The standard InChI is InChI=1S/C42H30.C12H14.C9H10Cl2.C6H18NSi2.CH5B2N.Li/c1-5-8-10-11-12-13-14-15-16-17-18-20-37-23-27-39(28-24-37)30-32-41-34-33-40(35(4)42(41)7-3)31-29-38-25-21-36(22-26-38)19-9-6-2;1-3-5-6-12-9-7-11(4-2)8-10-12;1-3-7-6(2)8(10)4-5-9(7)11;1-8(2,3)7-9(4,5)6;1-3(2)4;/h21-28,33-34H,6-7,9,19H2,1-4H3;2,7-10H,3,5-6H2,1H3;4-5H,3H2,1-2H3;1-6H3;4H2,1H3;/q;;;-1;;+1. The van der Waals surface area contributed by atoms with Gasteiger partial charge in [-0.05, 0) is 225 Å². The Kier molecular flexibility index (Phi) is 38.5. The molecule has 0 heterocycles. The van der Waals surface area contributed by atoms with E-state index in [-0.39, 0.29) is 25.6 Å². The first-order chi connectivity index (χ1) is 37.1. The number of nitrogens with two attached hydrogens (primary N) is 1. The molecule has 0 unspecified atom stereocenters. The van der Waals surface area contributed by atoms with Gasteiger partial charge in [0, 0.05) is 51.2 Å². The average molecular weight is 1100 g/mol. The van der Waals surface area contributed by atoms with E-state index in [1.54, 1.807) is 13.7 Å². The molecule has 2 nitrogen and oxygen atoms in total. The largest absolute Gasteiger partial charge is 1.00 e. The molecule has 396 valence electrons. The summed E-state index contributed by atoms with van der Waals surface area (Å²) >= 11 is 11.8. The summed E-state index contributed by atoms with van der Waals surface area (Å²) in [5.41, 5.74) is 18.2. The van der Waals surface area contributed by atoms with Crippen molar-refractivity contribution in [3.63, 3.8) is 0 Å². The summed E-state index contributed by atoms with van der Waals surface area (Å²) in [5, 5.41) is 1.61. The number of nitrogens with zero attached hydrogens (tertiary/aromatic N) is 1. The molecular formula is C70H77B2Cl2LiN2Si2. The van der Waals surface area contributed by atoms with Crippen LogP contribution < -0.4 is 24.5 Å². The SMILES string of the molecule is C#Cc1ccc(CCCC)cc1.CC#CC#CC#CC#CC#CC#Cc1ccc(C#Cc2ccc(C#Cc3ccc(CCCC)cc3)c(C)c2CC)cc1.CCc1c(Cl)ccc(Cl)c1C.C[Si](C)(C)[N-][Si](C)(C)C.[B]B(C)N.[Li+]. The third kappa shape index (κ3) is 34.4. The van der Waals surface area contributed by atoms with Crippen LogP contribution in [-0.2, 0) is 25.7 Å². The van der Waals surface area contributed by atoms with Gasteiger partial charge < -0.3 is 10.3 Å². The molecule has 0 saturated carbocycles. The van der Waals surface area contributed by atoms with E-state index in [1.165, 1.54) is 54.4 Å². The summed E-state index contributed by atoms with van der Waals surface area (Å²) in [5.74, 6) is 48.0. The molecular weight excluding hydrogens is 1020 g/mol. The second-order valence-corrected chi connectivity index (χ2v) is 30.3. The number of unbranched alkanes of at least 4 members (excludes halogenated alkanes) is 2. The predicted octanol–water partition coefficient (Wildman–Crippen LogP) is 13.2. The van der Waals surface area contributed by atoms with Gasteiger partial charge in [-0.1, -0.05) is 192 Å². The topological polar surface area (TPSA) is 40.1 Å². The smallest absolute Gasteiger partial charge is 0.668 e. The van der Waals surface area contributed by atoms with E-state index in [0.29, 0.717) is 0 Å². The van der Waals surface area contributed by atoms with Crippen LogP contribution in [0.25, 0.3) is 4.65 Å². The van der Waals surface area contributed by atoms with Crippen molar-refractivity contribution in [2.24, 2.45) is 5.64 Å². The molecule has 0 aliphatic rings. The molecule has 2 radical (unpaired) electrons. The van der Waals surface area contributed by atoms with Crippen LogP contribution in [0.4, 0.5) is 0 Å². The van der Waals surface area contributed by atoms with E-state index in [1.807, 2.05) is 55.5 Å². The minimum absolute atomic E-state index is 0. The number of terminal acetylenes is 1. The Morgan fingerprint density at radius 3 is 1.25 bits per heavy atom. The van der Waals surface area contributed by atoms with Gasteiger partial charge in [-0.15, -0.1) is 6.42 Å². The van der Waals surface area contributed by atoms with Gasteiger partial charge in [0.25, 0.3) is 0 Å². The fraction of sp³-hybridized carbons (Fsp3) is 0.314. The summed E-state index contributed by atoms with van der Waals surface area (Å²) in [7, 11) is 2.68. The van der Waals surface area contributed by atoms with Crippen LogP contribution in [0.3, 0.4) is 0 Å². The zero-order chi connectivity index (χ0) is 58.4. The van der Waals surface area contributed by atoms with Crippen LogP contribution in [0.1, 0.15) is 127 Å². The summed E-state index contributed by atoms with van der Waals surface area (Å²) in [6.45, 7) is 29.8. The quantitative estimate of drug-likeness (QED) is 0.110. The molecule has 0 atom stereocenters. The third-order valence-corrected chi connectivity index (χ3v) is 16.8. The van der Waals surface area contributed by atoms with Crippen LogP contribution in [-0.4, -0.2) is 30.9 Å². The van der Waals surface area contributed by atoms with Crippen molar-refractivity contribution in [3.05, 3.63) is 179 Å². The minimum atomic E-state index is -1.11. The van der Waals surface area contributed by atoms with Crippen molar-refractivity contribution < 1.29 is 18.9 Å². The van der Waals surface area contributed by atoms with Crippen LogP contribution in [0, 0.1) is 121 Å². The Morgan fingerprint density at radius 1 is 0.506 bits per heavy atom. The molecule has 0 fully saturated rings. The van der Waals surface area contributed by atoms with Crippen molar-refractivity contribution in [3.8, 4) is 107 Å². The van der Waals surface area contributed by atoms with Crippen molar-refractivity contribution in [2.75, 3.05) is 0 Å². The first-order valence-corrected chi connectivity index (χ1v) is 34.3. The molecule has 0 saturated heterocycles. The molecule has 79 heavy (non-hydrogen) atoms. The predicted molar refractivity (Wildman–Crippen MR) is 351 cm³/mol. The van der Waals surface area contributed by atoms with Crippen molar-refractivity contribution in [1.29, 1.82) is 0 Å². The van der Waals surface area contributed by atoms with Crippen molar-refractivity contribution >= 4 is 54.1 Å². The molecule has 0 amide bonds. The molecule has 5 aromatic carbocycles. The molecule has 0 bridgehead atoms. The molecule has 0 aliphatic heterocycles. The normalized spacial score (nSPS) is 9.16. The van der Waals surface area contributed by atoms with Gasteiger partial charge in [-0.3, -0.25) is 0 Å². The number of aryl methyl sites for hydroxylation is 2. The summed E-state index contributed by atoms with van der Waals surface area (Å²) in [4.78, 5) is 0. The Bertz CT molecular complexity index is 3240. The van der Waals surface area contributed by atoms with Crippen LogP contribution in [0.15, 0.2) is 97.1 Å². The second-order valence-electron chi connectivity index (χ2n) is 19.9. The molecule has 5 rings (SSSR count). The maximum absolute atomic E-state index is 5.94. The molecule has 9 heteroatoms. The van der Waals surface area contributed by atoms with Gasteiger partial charge >= 0.3 is 18.9 Å². The van der Waals surface area contributed by atoms with Crippen molar-refractivity contribution in [2.45, 2.75) is 146 Å². The Labute approximate surface area is 506 Å². The van der Waals surface area contributed by atoms with Crippen LogP contribution in [0.5, 0.6) is 0 Å². The maximum atomic E-state index is 5.94.